The zero-order valence-electron chi connectivity index (χ0n) is 13.3. The van der Waals surface area contributed by atoms with Crippen molar-refractivity contribution in [3.05, 3.63) is 35.9 Å². The zero-order valence-corrected chi connectivity index (χ0v) is 13.3. The third kappa shape index (κ3) is 5.31. The van der Waals surface area contributed by atoms with E-state index in [1.165, 1.54) is 0 Å². The van der Waals surface area contributed by atoms with Crippen LogP contribution in [0.1, 0.15) is 38.7 Å². The Morgan fingerprint density at radius 2 is 2.00 bits per heavy atom. The molecule has 5 nitrogen and oxygen atoms in total. The van der Waals surface area contributed by atoms with Gasteiger partial charge in [0.2, 0.25) is 0 Å². The summed E-state index contributed by atoms with van der Waals surface area (Å²) >= 11 is 0. The van der Waals surface area contributed by atoms with Gasteiger partial charge in [0.1, 0.15) is 6.61 Å². The molecule has 0 aromatic heterocycles. The molecule has 1 aliphatic rings. The van der Waals surface area contributed by atoms with E-state index >= 15 is 0 Å². The molecule has 0 aliphatic heterocycles. The highest BCUT2D eigenvalue weighted by atomic mass is 16.5. The highest BCUT2D eigenvalue weighted by molar-refractivity contribution is 5.67. The molecular formula is C17H26N2O3. The van der Waals surface area contributed by atoms with E-state index in [9.17, 15) is 9.90 Å². The molecule has 122 valence electrons. The summed E-state index contributed by atoms with van der Waals surface area (Å²) in [6.07, 6.45) is 2.11. The molecule has 5 heteroatoms. The third-order valence-corrected chi connectivity index (χ3v) is 4.21. The Hall–Kier alpha value is -1.59. The van der Waals surface area contributed by atoms with Crippen molar-refractivity contribution in [2.45, 2.75) is 57.4 Å². The maximum absolute atomic E-state index is 11.7. The van der Waals surface area contributed by atoms with Gasteiger partial charge in [-0.25, -0.2) is 4.79 Å². The molecule has 1 aromatic rings. The second-order valence-electron chi connectivity index (χ2n) is 6.30. The van der Waals surface area contributed by atoms with Crippen LogP contribution in [0.5, 0.6) is 0 Å². The molecule has 1 saturated carbocycles. The number of hydrogen-bond donors (Lipinski definition) is 3. The summed E-state index contributed by atoms with van der Waals surface area (Å²) in [6.45, 7) is 4.67. The fourth-order valence-corrected chi connectivity index (χ4v) is 2.32. The predicted molar refractivity (Wildman–Crippen MR) is 85.5 cm³/mol. The van der Waals surface area contributed by atoms with E-state index in [1.807, 2.05) is 44.2 Å². The van der Waals surface area contributed by atoms with Crippen LogP contribution in [0.3, 0.4) is 0 Å². The van der Waals surface area contributed by atoms with Gasteiger partial charge in [0.25, 0.3) is 0 Å². The lowest BCUT2D eigenvalue weighted by Gasteiger charge is -2.37. The largest absolute Gasteiger partial charge is 0.445 e. The quantitative estimate of drug-likeness (QED) is 0.722. The maximum atomic E-state index is 11.7. The third-order valence-electron chi connectivity index (χ3n) is 4.21. The van der Waals surface area contributed by atoms with Crippen LogP contribution >= 0.6 is 0 Å². The smallest absolute Gasteiger partial charge is 0.407 e. The van der Waals surface area contributed by atoms with Crippen molar-refractivity contribution in [3.8, 4) is 0 Å². The van der Waals surface area contributed by atoms with Gasteiger partial charge in [0.05, 0.1) is 5.60 Å². The van der Waals surface area contributed by atoms with Crippen molar-refractivity contribution in [1.29, 1.82) is 0 Å². The Morgan fingerprint density at radius 1 is 1.32 bits per heavy atom. The SMILES string of the molecule is CCC(C)(O)CNC1CC(NC(=O)OCc2ccccc2)C1. The summed E-state index contributed by atoms with van der Waals surface area (Å²) in [5.74, 6) is 0. The van der Waals surface area contributed by atoms with Gasteiger partial charge >= 0.3 is 6.09 Å². The number of ether oxygens (including phenoxy) is 1. The zero-order chi connectivity index (χ0) is 16.0. The van der Waals surface area contributed by atoms with Crippen LogP contribution in [-0.2, 0) is 11.3 Å². The number of alkyl carbamates (subject to hydrolysis) is 1. The minimum atomic E-state index is -0.660. The highest BCUT2D eigenvalue weighted by Gasteiger charge is 2.31. The van der Waals surface area contributed by atoms with Crippen LogP contribution in [0.25, 0.3) is 0 Å². The Labute approximate surface area is 132 Å². The lowest BCUT2D eigenvalue weighted by Crippen LogP contribution is -2.54. The molecule has 1 aliphatic carbocycles. The number of aliphatic hydroxyl groups is 1. The second kappa shape index (κ2) is 7.61. The van der Waals surface area contributed by atoms with Crippen LogP contribution in [0.4, 0.5) is 4.79 Å². The van der Waals surface area contributed by atoms with Crippen LogP contribution < -0.4 is 10.6 Å². The number of nitrogens with one attached hydrogen (secondary N) is 2. The molecule has 1 aromatic carbocycles. The van der Waals surface area contributed by atoms with E-state index in [-0.39, 0.29) is 12.1 Å². The predicted octanol–water partition coefficient (Wildman–Crippen LogP) is 2.19. The molecular weight excluding hydrogens is 280 g/mol. The topological polar surface area (TPSA) is 70.6 Å². The first kappa shape index (κ1) is 16.8. The van der Waals surface area contributed by atoms with Crippen molar-refractivity contribution in [3.63, 3.8) is 0 Å². The highest BCUT2D eigenvalue weighted by Crippen LogP contribution is 2.21. The minimum Gasteiger partial charge on any atom is -0.445 e. The van der Waals surface area contributed by atoms with Gasteiger partial charge in [-0.3, -0.25) is 0 Å². The molecule has 0 bridgehead atoms. The standard InChI is InChI=1S/C17H26N2O3/c1-3-17(2,21)12-18-14-9-15(10-14)19-16(20)22-11-13-7-5-4-6-8-13/h4-8,14-15,18,21H,3,9-12H2,1-2H3,(H,19,20). The van der Waals surface area contributed by atoms with E-state index in [4.69, 9.17) is 4.74 Å². The summed E-state index contributed by atoms with van der Waals surface area (Å²) in [5, 5.41) is 16.1. The van der Waals surface area contributed by atoms with E-state index in [0.29, 0.717) is 19.2 Å². The molecule has 2 rings (SSSR count). The fraction of sp³-hybridized carbons (Fsp3) is 0.588. The van der Waals surface area contributed by atoms with Crippen molar-refractivity contribution < 1.29 is 14.6 Å². The lowest BCUT2D eigenvalue weighted by molar-refractivity contribution is 0.0469. The van der Waals surface area contributed by atoms with E-state index < -0.39 is 5.60 Å². The van der Waals surface area contributed by atoms with Gasteiger partial charge in [-0.2, -0.15) is 0 Å². The van der Waals surface area contributed by atoms with Crippen molar-refractivity contribution in [1.82, 2.24) is 10.6 Å². The summed E-state index contributed by atoms with van der Waals surface area (Å²) in [7, 11) is 0. The molecule has 1 amide bonds. The fourth-order valence-electron chi connectivity index (χ4n) is 2.32. The Bertz CT molecular complexity index is 470. The van der Waals surface area contributed by atoms with Crippen LogP contribution in [-0.4, -0.2) is 35.4 Å². The molecule has 0 radical (unpaired) electrons. The van der Waals surface area contributed by atoms with Crippen LogP contribution in [0, 0.1) is 0 Å². The Kier molecular flexibility index (Phi) is 5.80. The van der Waals surface area contributed by atoms with Crippen molar-refractivity contribution >= 4 is 6.09 Å². The van der Waals surface area contributed by atoms with Gasteiger partial charge in [-0.1, -0.05) is 37.3 Å². The number of carbonyl (C=O) groups is 1. The van der Waals surface area contributed by atoms with E-state index in [2.05, 4.69) is 10.6 Å². The van der Waals surface area contributed by atoms with Crippen molar-refractivity contribution in [2.75, 3.05) is 6.54 Å². The monoisotopic (exact) mass is 306 g/mol. The summed E-state index contributed by atoms with van der Waals surface area (Å²) < 4.78 is 5.19. The first-order chi connectivity index (χ1) is 10.5. The molecule has 22 heavy (non-hydrogen) atoms. The van der Waals surface area contributed by atoms with Gasteiger partial charge in [0.15, 0.2) is 0 Å². The van der Waals surface area contributed by atoms with Gasteiger partial charge in [-0.05, 0) is 31.7 Å². The van der Waals surface area contributed by atoms with Crippen molar-refractivity contribution in [2.24, 2.45) is 0 Å². The average Bonchev–Trinajstić information content (AvgIpc) is 2.48. The molecule has 0 spiro atoms. The number of benzene rings is 1. The number of carbonyl (C=O) groups excluding carboxylic acids is 1. The summed E-state index contributed by atoms with van der Waals surface area (Å²) in [4.78, 5) is 11.7. The molecule has 1 unspecified atom stereocenters. The molecule has 0 saturated heterocycles. The van der Waals surface area contributed by atoms with Crippen LogP contribution in [0.15, 0.2) is 30.3 Å². The lowest BCUT2D eigenvalue weighted by atomic mass is 9.86. The van der Waals surface area contributed by atoms with Gasteiger partial charge in [-0.15, -0.1) is 0 Å². The summed E-state index contributed by atoms with van der Waals surface area (Å²) in [5.41, 5.74) is 0.320. The maximum Gasteiger partial charge on any atom is 0.407 e. The van der Waals surface area contributed by atoms with E-state index in [1.54, 1.807) is 0 Å². The molecule has 1 fully saturated rings. The van der Waals surface area contributed by atoms with E-state index in [0.717, 1.165) is 24.8 Å². The molecule has 1 atom stereocenters. The van der Waals surface area contributed by atoms with Crippen LogP contribution in [0.2, 0.25) is 0 Å². The first-order valence-electron chi connectivity index (χ1n) is 7.91. The molecule has 3 N–H and O–H groups in total. The number of amides is 1. The van der Waals surface area contributed by atoms with Gasteiger partial charge in [0, 0.05) is 18.6 Å². The number of rotatable bonds is 7. The normalized spacial score (nSPS) is 23.2. The average molecular weight is 306 g/mol. The van der Waals surface area contributed by atoms with Gasteiger partial charge < -0.3 is 20.5 Å². The second-order valence-corrected chi connectivity index (χ2v) is 6.30. The Morgan fingerprint density at radius 3 is 2.64 bits per heavy atom. The molecule has 0 heterocycles. The number of hydrogen-bond acceptors (Lipinski definition) is 4. The summed E-state index contributed by atoms with van der Waals surface area (Å²) in [6, 6.07) is 10.1. The first-order valence-corrected chi connectivity index (χ1v) is 7.91. The Balaban J connectivity index is 1.58. The minimum absolute atomic E-state index is 0.160.